The Kier molecular flexibility index (Phi) is 21.3. The van der Waals surface area contributed by atoms with Crippen LogP contribution in [0.25, 0.3) is 0 Å². The second kappa shape index (κ2) is 28.2. The van der Waals surface area contributed by atoms with Crippen molar-refractivity contribution in [3.8, 4) is 11.5 Å². The van der Waals surface area contributed by atoms with Gasteiger partial charge in [-0.15, -0.1) is 0 Å². The number of carbonyl (C=O) groups is 4. The van der Waals surface area contributed by atoms with E-state index < -0.39 is 0 Å². The van der Waals surface area contributed by atoms with E-state index in [4.69, 9.17) is 21.1 Å². The van der Waals surface area contributed by atoms with Gasteiger partial charge < -0.3 is 30.3 Å². The number of aryl methyl sites for hydroxylation is 2. The number of hydrogen-bond acceptors (Lipinski definition) is 7. The highest BCUT2D eigenvalue weighted by Gasteiger charge is 2.37. The monoisotopic (exact) mass is 976 g/mol. The van der Waals surface area contributed by atoms with Crippen molar-refractivity contribution in [1.29, 1.82) is 0 Å². The highest BCUT2D eigenvalue weighted by atomic mass is 35.5. The number of likely N-dealkylation sites (tertiary alicyclic amines) is 1. The van der Waals surface area contributed by atoms with Crippen LogP contribution in [0.4, 0.5) is 0 Å². The number of methoxy groups -OCH3 is 2. The third kappa shape index (κ3) is 17.3. The number of amides is 3. The normalized spacial score (nSPS) is 14.5. The molecule has 2 saturated heterocycles. The molecule has 2 aliphatic heterocycles. The van der Waals surface area contributed by atoms with E-state index in [9.17, 15) is 19.2 Å². The summed E-state index contributed by atoms with van der Waals surface area (Å²) in [4.78, 5) is 50.9. The quantitative estimate of drug-likeness (QED) is 0.0733. The van der Waals surface area contributed by atoms with Gasteiger partial charge in [-0.2, -0.15) is 0 Å². The first-order valence-electron chi connectivity index (χ1n) is 24.7. The van der Waals surface area contributed by atoms with Crippen molar-refractivity contribution in [2.24, 2.45) is 10.8 Å². The molecule has 0 aliphatic carbocycles. The number of carbonyl (C=O) groups excluding carboxylic acids is 4. The maximum absolute atomic E-state index is 13.0. The van der Waals surface area contributed by atoms with Crippen LogP contribution in [0.15, 0.2) is 170 Å². The molecule has 2 aliphatic rings. The Morgan fingerprint density at radius 1 is 0.507 bits per heavy atom. The molecule has 11 heteroatoms. The van der Waals surface area contributed by atoms with Gasteiger partial charge >= 0.3 is 0 Å². The van der Waals surface area contributed by atoms with Crippen LogP contribution in [0.3, 0.4) is 0 Å². The van der Waals surface area contributed by atoms with Crippen molar-refractivity contribution >= 4 is 34.6 Å². The summed E-state index contributed by atoms with van der Waals surface area (Å²) in [6, 6.07) is 55.6. The zero-order valence-corrected chi connectivity index (χ0v) is 42.0. The van der Waals surface area contributed by atoms with Gasteiger partial charge in [-0.3, -0.25) is 19.2 Å². The van der Waals surface area contributed by atoms with Crippen LogP contribution in [0, 0.1) is 10.8 Å². The third-order valence-corrected chi connectivity index (χ3v) is 13.7. The third-order valence-electron chi connectivity index (χ3n) is 13.6. The predicted molar refractivity (Wildman–Crippen MR) is 284 cm³/mol. The zero-order valence-electron chi connectivity index (χ0n) is 41.3. The van der Waals surface area contributed by atoms with Crippen LogP contribution in [0.2, 0.25) is 0 Å². The molecular weight excluding hydrogens is 908 g/mol. The number of halogens is 1. The van der Waals surface area contributed by atoms with Gasteiger partial charge in [-0.25, -0.2) is 0 Å². The molecule has 3 N–H and O–H groups in total. The Labute approximate surface area is 425 Å². The van der Waals surface area contributed by atoms with Crippen molar-refractivity contribution in [1.82, 2.24) is 20.9 Å². The number of nitrogens with one attached hydrogen (secondary N) is 3. The van der Waals surface area contributed by atoms with E-state index in [-0.39, 0.29) is 33.8 Å². The second-order valence-corrected chi connectivity index (χ2v) is 19.0. The minimum absolute atomic E-state index is 0.0663. The Hall–Kier alpha value is -6.75. The fourth-order valence-corrected chi connectivity index (χ4v) is 9.50. The first-order valence-corrected chi connectivity index (χ1v) is 25.1. The lowest BCUT2D eigenvalue weighted by Crippen LogP contribution is -2.49. The average molecular weight is 978 g/mol. The van der Waals surface area contributed by atoms with Crippen LogP contribution >= 0.6 is 11.6 Å². The molecule has 372 valence electrons. The molecule has 0 aromatic heterocycles. The maximum Gasteiger partial charge on any atom is 0.255 e. The molecule has 8 rings (SSSR count). The predicted octanol–water partition coefficient (Wildman–Crippen LogP) is 10.3. The Morgan fingerprint density at radius 3 is 1.28 bits per heavy atom. The second-order valence-electron chi connectivity index (χ2n) is 18.5. The van der Waals surface area contributed by atoms with Gasteiger partial charge in [0.1, 0.15) is 11.5 Å². The fraction of sp³-hybridized carbons (Fsp3) is 0.333. The van der Waals surface area contributed by atoms with E-state index in [0.717, 1.165) is 70.0 Å². The Bertz CT molecular complexity index is 2550. The van der Waals surface area contributed by atoms with Crippen molar-refractivity contribution in [2.75, 3.05) is 53.5 Å². The van der Waals surface area contributed by atoms with Gasteiger partial charge in [0.05, 0.1) is 25.3 Å². The van der Waals surface area contributed by atoms with Crippen molar-refractivity contribution in [3.63, 3.8) is 0 Å². The lowest BCUT2D eigenvalue weighted by Gasteiger charge is -2.42. The lowest BCUT2D eigenvalue weighted by molar-refractivity contribution is -0.133. The molecule has 0 saturated carbocycles. The summed E-state index contributed by atoms with van der Waals surface area (Å²) in [5.74, 6) is 1.20. The van der Waals surface area contributed by atoms with Crippen LogP contribution in [0.5, 0.6) is 11.5 Å². The van der Waals surface area contributed by atoms with E-state index in [2.05, 4.69) is 76.6 Å². The molecule has 6 aromatic rings. The average Bonchev–Trinajstić information content (AvgIpc) is 3.42. The minimum atomic E-state index is -0.270. The van der Waals surface area contributed by atoms with Gasteiger partial charge in [0.2, 0.25) is 11.1 Å². The molecule has 2 heterocycles. The summed E-state index contributed by atoms with van der Waals surface area (Å²) in [5, 5.41) is 9.49. The van der Waals surface area contributed by atoms with Crippen LogP contribution in [-0.2, 0) is 35.3 Å². The first kappa shape index (κ1) is 53.6. The van der Waals surface area contributed by atoms with Crippen molar-refractivity contribution in [3.05, 3.63) is 203 Å². The molecule has 0 atom stereocenters. The molecule has 0 unspecified atom stereocenters. The van der Waals surface area contributed by atoms with Crippen LogP contribution < -0.4 is 25.4 Å². The summed E-state index contributed by atoms with van der Waals surface area (Å²) >= 11 is 5.19. The SMILES string of the molecule is COc1ccccc1C(=O)NCC1(Cc2ccccc2)CCN(C(=O)CCc2ccccc2)CC1.COc1ccccc1C(=O)NCC1(Cc2ccccc2)CCNCC1.O=C(Cl)CCc1ccccc1. The van der Waals surface area contributed by atoms with E-state index >= 15 is 0 Å². The van der Waals surface area contributed by atoms with Gasteiger partial charge in [0.15, 0.2) is 0 Å². The van der Waals surface area contributed by atoms with Gasteiger partial charge in [0, 0.05) is 39.0 Å². The molecule has 6 aromatic carbocycles. The van der Waals surface area contributed by atoms with E-state index in [0.29, 0.717) is 61.6 Å². The molecular formula is C60H69ClN4O6. The topological polar surface area (TPSA) is 126 Å². The van der Waals surface area contributed by atoms with E-state index in [1.54, 1.807) is 32.4 Å². The van der Waals surface area contributed by atoms with Crippen LogP contribution in [-0.4, -0.2) is 81.4 Å². The van der Waals surface area contributed by atoms with Crippen molar-refractivity contribution < 1.29 is 28.7 Å². The largest absolute Gasteiger partial charge is 0.496 e. The van der Waals surface area contributed by atoms with E-state index in [1.807, 2.05) is 95.9 Å². The molecule has 3 amide bonds. The van der Waals surface area contributed by atoms with Gasteiger partial charge in [0.25, 0.3) is 11.8 Å². The molecule has 10 nitrogen and oxygen atoms in total. The van der Waals surface area contributed by atoms with Gasteiger partial charge in [-0.1, -0.05) is 146 Å². The summed E-state index contributed by atoms with van der Waals surface area (Å²) in [6.45, 7) is 4.66. The number of hydrogen-bond donors (Lipinski definition) is 3. The summed E-state index contributed by atoms with van der Waals surface area (Å²) in [5.41, 5.74) is 6.06. The summed E-state index contributed by atoms with van der Waals surface area (Å²) in [6.07, 6.45) is 8.14. The highest BCUT2D eigenvalue weighted by molar-refractivity contribution is 6.63. The van der Waals surface area contributed by atoms with Crippen molar-refractivity contribution in [2.45, 2.75) is 64.2 Å². The highest BCUT2D eigenvalue weighted by Crippen LogP contribution is 2.36. The van der Waals surface area contributed by atoms with E-state index in [1.165, 1.54) is 16.7 Å². The lowest BCUT2D eigenvalue weighted by atomic mass is 9.73. The first-order chi connectivity index (χ1) is 34.6. The number of ether oxygens (including phenoxy) is 2. The summed E-state index contributed by atoms with van der Waals surface area (Å²) in [7, 11) is 3.17. The number of para-hydroxylation sites is 2. The number of rotatable bonds is 18. The molecule has 0 spiro atoms. The van der Waals surface area contributed by atoms with Crippen LogP contribution in [0.1, 0.15) is 81.5 Å². The zero-order chi connectivity index (χ0) is 50.2. The number of benzene rings is 6. The standard InChI is InChI=1S/C30H34N2O3.C21H26N2O2.C9H9ClO/c1-35-27-15-9-8-14-26(27)29(34)31-23-30(22-25-12-6-3-7-13-25)18-20-32(21-19-30)28(33)17-16-24-10-4-2-5-11-24;1-25-19-10-6-5-9-18(19)20(24)23-16-21(11-13-22-14-12-21)15-17-7-3-2-4-8-17;10-9(11)7-6-8-4-2-1-3-5-8/h2-15H,16-23H2,1H3,(H,31,34);2-10,22H,11-16H2,1H3,(H,23,24);1-5H,6-7H2. The molecule has 0 bridgehead atoms. The van der Waals surface area contributed by atoms with Gasteiger partial charge in [-0.05, 0) is 133 Å². The molecule has 71 heavy (non-hydrogen) atoms. The maximum atomic E-state index is 13.0. The molecule has 0 radical (unpaired) electrons. The Morgan fingerprint density at radius 2 is 0.873 bits per heavy atom. The minimum Gasteiger partial charge on any atom is -0.496 e. The number of nitrogens with zero attached hydrogens (tertiary/aromatic N) is 1. The smallest absolute Gasteiger partial charge is 0.255 e. The number of piperidine rings is 2. The summed E-state index contributed by atoms with van der Waals surface area (Å²) < 4.78 is 10.7. The Balaban J connectivity index is 0.000000198. The fourth-order valence-electron chi connectivity index (χ4n) is 9.41. The molecule has 2 fully saturated rings.